The second-order valence-electron chi connectivity index (χ2n) is 7.56. The molecule has 33 heavy (non-hydrogen) atoms. The van der Waals surface area contributed by atoms with Crippen LogP contribution in [0.1, 0.15) is 40.6 Å². The van der Waals surface area contributed by atoms with Gasteiger partial charge in [-0.15, -0.1) is 0 Å². The largest absolute Gasteiger partial charge is 0.506 e. The summed E-state index contributed by atoms with van der Waals surface area (Å²) in [5.41, 5.74) is 2.36. The number of carbonyl (C=O) groups excluding carboxylic acids is 2. The molecule has 0 radical (unpaired) electrons. The van der Waals surface area contributed by atoms with E-state index in [4.69, 9.17) is 9.15 Å². The number of benzene rings is 3. The average Bonchev–Trinajstić information content (AvgIpc) is 3.14. The van der Waals surface area contributed by atoms with Gasteiger partial charge in [0, 0.05) is 23.4 Å². The predicted molar refractivity (Wildman–Crippen MR) is 143 cm³/mol. The molecule has 4 aromatic rings. The zero-order chi connectivity index (χ0) is 23.5. The third-order valence-electron chi connectivity index (χ3n) is 5.14. The van der Waals surface area contributed by atoms with Crippen molar-refractivity contribution < 1.29 is 23.8 Å². The van der Waals surface area contributed by atoms with Crippen molar-refractivity contribution in [1.29, 1.82) is 0 Å². The first kappa shape index (κ1) is 23.7. The number of aromatic hydroxyl groups is 1. The van der Waals surface area contributed by atoms with E-state index in [0.29, 0.717) is 47.2 Å². The minimum absolute atomic E-state index is 0.165. The molecule has 1 heterocycles. The molecule has 1 aromatic heterocycles. The minimum atomic E-state index is -0.370. The number of furan rings is 1. The van der Waals surface area contributed by atoms with Crippen LogP contribution < -0.4 is 4.74 Å². The summed E-state index contributed by atoms with van der Waals surface area (Å²) in [6.07, 6.45) is 1.58. The van der Waals surface area contributed by atoms with Crippen LogP contribution in [-0.2, 0) is 17.6 Å². The first-order valence-corrected chi connectivity index (χ1v) is 12.6. The van der Waals surface area contributed by atoms with Gasteiger partial charge in [-0.05, 0) is 81.4 Å². The number of hydrogen-bond acceptors (Lipinski definition) is 5. The Labute approximate surface area is 218 Å². The number of rotatable bonds is 7. The van der Waals surface area contributed by atoms with Crippen molar-refractivity contribution in [3.8, 4) is 11.5 Å². The summed E-state index contributed by atoms with van der Waals surface area (Å²) in [4.78, 5) is 25.8. The van der Waals surface area contributed by atoms with Crippen molar-refractivity contribution in [3.05, 3.63) is 90.3 Å². The Morgan fingerprint density at radius 1 is 1.00 bits per heavy atom. The van der Waals surface area contributed by atoms with Crippen molar-refractivity contribution in [1.82, 2.24) is 0 Å². The van der Waals surface area contributed by atoms with Crippen molar-refractivity contribution in [2.75, 3.05) is 0 Å². The molecule has 168 valence electrons. The van der Waals surface area contributed by atoms with E-state index < -0.39 is 0 Å². The van der Waals surface area contributed by atoms with Gasteiger partial charge in [0.15, 0.2) is 5.78 Å². The molecule has 0 unspecified atom stereocenters. The molecule has 3 aromatic carbocycles. The number of ether oxygens (including phenoxy) is 1. The van der Waals surface area contributed by atoms with Gasteiger partial charge in [-0.3, -0.25) is 9.59 Å². The smallest absolute Gasteiger partial charge is 0.315 e. The van der Waals surface area contributed by atoms with Gasteiger partial charge >= 0.3 is 5.97 Å². The number of hydrogen-bond donors (Lipinski definition) is 1. The first-order valence-electron chi connectivity index (χ1n) is 10.4. The van der Waals surface area contributed by atoms with Crippen molar-refractivity contribution in [2.45, 2.75) is 26.2 Å². The van der Waals surface area contributed by atoms with Gasteiger partial charge in [0.05, 0.1) is 19.1 Å². The predicted octanol–water partition coefficient (Wildman–Crippen LogP) is 6.68. The summed E-state index contributed by atoms with van der Waals surface area (Å²) in [6, 6.07) is 17.8. The van der Waals surface area contributed by atoms with Gasteiger partial charge in [0.25, 0.3) is 0 Å². The first-order chi connectivity index (χ1) is 15.9. The van der Waals surface area contributed by atoms with Crippen molar-refractivity contribution in [3.63, 3.8) is 0 Å². The molecule has 5 nitrogen and oxygen atoms in total. The number of ketones is 1. The fourth-order valence-corrected chi connectivity index (χ4v) is 5.38. The van der Waals surface area contributed by atoms with E-state index in [1.165, 1.54) is 0 Å². The molecule has 0 fully saturated rings. The van der Waals surface area contributed by atoms with Crippen LogP contribution >= 0.6 is 45.2 Å². The molecule has 7 heteroatoms. The lowest BCUT2D eigenvalue weighted by Gasteiger charge is -2.07. The lowest BCUT2D eigenvalue weighted by atomic mass is 9.98. The monoisotopic (exact) mass is 666 g/mol. The zero-order valence-electron chi connectivity index (χ0n) is 17.7. The average molecular weight is 666 g/mol. The number of phenolic OH excluding ortho intramolecular Hbond substituents is 1. The molecule has 0 atom stereocenters. The zero-order valence-corrected chi connectivity index (χ0v) is 22.0. The van der Waals surface area contributed by atoms with E-state index in [1.807, 2.05) is 82.4 Å². The SMILES string of the molecule is CCCc1oc2cc(OC(=O)Cc3ccccc3)ccc2c1C(=O)c1cc(I)c(O)c(I)c1. The van der Waals surface area contributed by atoms with Crippen LogP contribution in [0.3, 0.4) is 0 Å². The molecule has 1 N–H and O–H groups in total. The molecule has 0 aliphatic heterocycles. The van der Waals surface area contributed by atoms with Gasteiger partial charge in [0.2, 0.25) is 0 Å². The van der Waals surface area contributed by atoms with Gasteiger partial charge in [-0.1, -0.05) is 37.3 Å². The quantitative estimate of drug-likeness (QED) is 0.103. The number of halogens is 2. The molecule has 0 saturated carbocycles. The molecule has 0 saturated heterocycles. The summed E-state index contributed by atoms with van der Waals surface area (Å²) in [5, 5.41) is 10.7. The molecule has 0 amide bonds. The maximum absolute atomic E-state index is 13.5. The van der Waals surface area contributed by atoms with E-state index in [2.05, 4.69) is 0 Å². The Morgan fingerprint density at radius 2 is 1.70 bits per heavy atom. The topological polar surface area (TPSA) is 76.7 Å². The standard InChI is InChI=1S/C26H20I2O5/c1-2-6-21-24(25(30)16-12-19(27)26(31)20(28)13-16)18-10-9-17(14-22(18)33-21)32-23(29)11-15-7-4-3-5-8-15/h3-5,7-10,12-14,31H,2,6,11H2,1H3. The molecular formula is C26H20I2O5. The van der Waals surface area contributed by atoms with Gasteiger partial charge < -0.3 is 14.3 Å². The molecule has 0 aliphatic carbocycles. The van der Waals surface area contributed by atoms with Gasteiger partial charge in [0.1, 0.15) is 22.8 Å². The summed E-state index contributed by atoms with van der Waals surface area (Å²) < 4.78 is 12.8. The summed E-state index contributed by atoms with van der Waals surface area (Å²) in [6.45, 7) is 2.02. The van der Waals surface area contributed by atoms with Gasteiger partial charge in [-0.2, -0.15) is 0 Å². The van der Waals surface area contributed by atoms with Crippen LogP contribution in [0.2, 0.25) is 0 Å². The fourth-order valence-electron chi connectivity index (χ4n) is 3.61. The lowest BCUT2D eigenvalue weighted by Crippen LogP contribution is -2.11. The third kappa shape index (κ3) is 5.24. The Morgan fingerprint density at radius 3 is 2.36 bits per heavy atom. The Hall–Kier alpha value is -2.40. The molecule has 0 aliphatic rings. The summed E-state index contributed by atoms with van der Waals surface area (Å²) in [7, 11) is 0. The summed E-state index contributed by atoms with van der Waals surface area (Å²) in [5.74, 6) is 0.601. The highest BCUT2D eigenvalue weighted by Crippen LogP contribution is 2.34. The van der Waals surface area contributed by atoms with E-state index in [0.717, 1.165) is 12.0 Å². The number of fused-ring (bicyclic) bond motifs is 1. The number of aryl methyl sites for hydroxylation is 1. The highest BCUT2D eigenvalue weighted by atomic mass is 127. The molecular weight excluding hydrogens is 646 g/mol. The third-order valence-corrected chi connectivity index (χ3v) is 6.79. The van der Waals surface area contributed by atoms with Crippen LogP contribution in [-0.4, -0.2) is 16.9 Å². The Kier molecular flexibility index (Phi) is 7.38. The molecule has 4 rings (SSSR count). The lowest BCUT2D eigenvalue weighted by molar-refractivity contribution is -0.133. The van der Waals surface area contributed by atoms with Crippen LogP contribution in [0.15, 0.2) is 65.1 Å². The van der Waals surface area contributed by atoms with Gasteiger partial charge in [-0.25, -0.2) is 0 Å². The highest BCUT2D eigenvalue weighted by molar-refractivity contribution is 14.1. The number of carbonyl (C=O) groups is 2. The summed E-state index contributed by atoms with van der Waals surface area (Å²) >= 11 is 4.03. The number of phenols is 1. The molecule has 0 spiro atoms. The van der Waals surface area contributed by atoms with E-state index >= 15 is 0 Å². The minimum Gasteiger partial charge on any atom is -0.506 e. The van der Waals surface area contributed by atoms with E-state index in [-0.39, 0.29) is 23.9 Å². The molecule has 0 bridgehead atoms. The maximum Gasteiger partial charge on any atom is 0.315 e. The van der Waals surface area contributed by atoms with E-state index in [9.17, 15) is 14.7 Å². The van der Waals surface area contributed by atoms with Crippen molar-refractivity contribution >= 4 is 67.9 Å². The van der Waals surface area contributed by atoms with Crippen molar-refractivity contribution in [2.24, 2.45) is 0 Å². The normalized spacial score (nSPS) is 11.0. The van der Waals surface area contributed by atoms with E-state index in [1.54, 1.807) is 30.3 Å². The number of esters is 1. The highest BCUT2D eigenvalue weighted by Gasteiger charge is 2.23. The van der Waals surface area contributed by atoms with Crippen LogP contribution in [0.4, 0.5) is 0 Å². The van der Waals surface area contributed by atoms with Crippen LogP contribution in [0.25, 0.3) is 11.0 Å². The fraction of sp³-hybridized carbons (Fsp3) is 0.154. The second-order valence-corrected chi connectivity index (χ2v) is 9.89. The van der Waals surface area contributed by atoms with Crippen LogP contribution in [0, 0.1) is 7.14 Å². The Balaban J connectivity index is 1.67. The maximum atomic E-state index is 13.5. The second kappa shape index (κ2) is 10.3. The Bertz CT molecular complexity index is 1320. The van der Waals surface area contributed by atoms with Crippen LogP contribution in [0.5, 0.6) is 11.5 Å².